The summed E-state index contributed by atoms with van der Waals surface area (Å²) in [6.45, 7) is 0.941. The van der Waals surface area contributed by atoms with Crippen molar-refractivity contribution in [2.45, 2.75) is 0 Å². The van der Waals surface area contributed by atoms with Crippen molar-refractivity contribution in [1.29, 1.82) is 0 Å². The summed E-state index contributed by atoms with van der Waals surface area (Å²) in [5.41, 5.74) is 1.92. The van der Waals surface area contributed by atoms with E-state index in [1.54, 1.807) is 60.7 Å². The fourth-order valence-electron chi connectivity index (χ4n) is 3.53. The van der Waals surface area contributed by atoms with Crippen LogP contribution in [0.3, 0.4) is 0 Å². The van der Waals surface area contributed by atoms with Crippen molar-refractivity contribution in [2.75, 3.05) is 23.4 Å². The van der Waals surface area contributed by atoms with Crippen molar-refractivity contribution >= 4 is 29.1 Å². The average molecular weight is 400 g/mol. The predicted molar refractivity (Wildman–Crippen MR) is 109 cm³/mol. The first-order chi connectivity index (χ1) is 14.6. The smallest absolute Gasteiger partial charge is 0.266 e. The Bertz CT molecular complexity index is 1170. The Balaban J connectivity index is 1.40. The number of amides is 3. The monoisotopic (exact) mass is 400 g/mol. The van der Waals surface area contributed by atoms with Crippen LogP contribution in [0.15, 0.2) is 66.7 Å². The summed E-state index contributed by atoms with van der Waals surface area (Å²) in [5.74, 6) is 0.0239. The van der Waals surface area contributed by atoms with Gasteiger partial charge in [0.05, 0.1) is 16.8 Å². The van der Waals surface area contributed by atoms with Crippen LogP contribution in [0.2, 0.25) is 0 Å². The minimum Gasteiger partial charge on any atom is -0.486 e. The van der Waals surface area contributed by atoms with Gasteiger partial charge in [0.15, 0.2) is 11.5 Å². The van der Waals surface area contributed by atoms with Crippen LogP contribution in [-0.4, -0.2) is 30.9 Å². The van der Waals surface area contributed by atoms with Crippen molar-refractivity contribution in [2.24, 2.45) is 0 Å². The minimum atomic E-state index is -0.403. The van der Waals surface area contributed by atoms with Gasteiger partial charge in [-0.2, -0.15) is 0 Å². The molecule has 148 valence electrons. The second kappa shape index (κ2) is 7.04. The van der Waals surface area contributed by atoms with Gasteiger partial charge in [-0.25, -0.2) is 4.90 Å². The Kier molecular flexibility index (Phi) is 4.21. The lowest BCUT2D eigenvalue weighted by Crippen LogP contribution is -2.29. The molecule has 3 aromatic rings. The van der Waals surface area contributed by atoms with Gasteiger partial charge >= 0.3 is 0 Å². The number of hydrogen-bond acceptors (Lipinski definition) is 5. The Hall–Kier alpha value is -4.13. The third-order valence-electron chi connectivity index (χ3n) is 4.96. The quantitative estimate of drug-likeness (QED) is 0.680. The highest BCUT2D eigenvalue weighted by Gasteiger charge is 2.36. The number of hydrogen-bond donors (Lipinski definition) is 1. The summed E-state index contributed by atoms with van der Waals surface area (Å²) in [4.78, 5) is 39.2. The fourth-order valence-corrected chi connectivity index (χ4v) is 3.53. The van der Waals surface area contributed by atoms with Gasteiger partial charge in [-0.15, -0.1) is 0 Å². The molecule has 0 atom stereocenters. The SMILES string of the molecule is O=C(Nc1ccc2c(c1)OCCO2)c1cccc(N2C(=O)c3ccccc3C2=O)c1. The molecule has 0 aromatic heterocycles. The summed E-state index contributed by atoms with van der Waals surface area (Å²) in [7, 11) is 0. The zero-order valence-electron chi connectivity index (χ0n) is 15.8. The molecule has 2 aliphatic heterocycles. The number of nitrogens with one attached hydrogen (secondary N) is 1. The lowest BCUT2D eigenvalue weighted by molar-refractivity contribution is 0.0924. The van der Waals surface area contributed by atoms with Crippen LogP contribution in [0, 0.1) is 0 Å². The van der Waals surface area contributed by atoms with E-state index in [-0.39, 0.29) is 5.91 Å². The van der Waals surface area contributed by atoms with Gasteiger partial charge in [0.25, 0.3) is 17.7 Å². The van der Waals surface area contributed by atoms with Gasteiger partial charge in [-0.3, -0.25) is 14.4 Å². The standard InChI is InChI=1S/C23H16N2O5/c26-21(24-15-8-9-19-20(13-15)30-11-10-29-19)14-4-3-5-16(12-14)25-22(27)17-6-1-2-7-18(17)23(25)28/h1-9,12-13H,10-11H2,(H,24,26). The van der Waals surface area contributed by atoms with Gasteiger partial charge in [0.1, 0.15) is 13.2 Å². The van der Waals surface area contributed by atoms with Crippen molar-refractivity contribution in [3.05, 3.63) is 83.4 Å². The summed E-state index contributed by atoms with van der Waals surface area (Å²) in [6.07, 6.45) is 0. The average Bonchev–Trinajstić information content (AvgIpc) is 3.04. The maximum Gasteiger partial charge on any atom is 0.266 e. The van der Waals surface area contributed by atoms with Crippen LogP contribution in [-0.2, 0) is 0 Å². The molecule has 0 unspecified atom stereocenters. The Morgan fingerprint density at radius 3 is 2.23 bits per heavy atom. The molecule has 0 aliphatic carbocycles. The number of ether oxygens (including phenoxy) is 2. The fraction of sp³-hybridized carbons (Fsp3) is 0.0870. The molecule has 5 rings (SSSR count). The van der Waals surface area contributed by atoms with E-state index in [0.29, 0.717) is 52.8 Å². The van der Waals surface area contributed by atoms with Crippen molar-refractivity contribution in [3.8, 4) is 11.5 Å². The Labute approximate surface area is 171 Å². The van der Waals surface area contributed by atoms with E-state index in [0.717, 1.165) is 4.90 Å². The molecule has 30 heavy (non-hydrogen) atoms. The van der Waals surface area contributed by atoms with E-state index in [1.807, 2.05) is 0 Å². The molecule has 0 radical (unpaired) electrons. The largest absolute Gasteiger partial charge is 0.486 e. The molecule has 2 heterocycles. The summed E-state index contributed by atoms with van der Waals surface area (Å²) >= 11 is 0. The van der Waals surface area contributed by atoms with Gasteiger partial charge in [-0.1, -0.05) is 18.2 Å². The molecule has 3 aromatic carbocycles. The maximum atomic E-state index is 12.8. The molecular formula is C23H16N2O5. The first-order valence-electron chi connectivity index (χ1n) is 9.41. The molecule has 0 saturated heterocycles. The van der Waals surface area contributed by atoms with Gasteiger partial charge in [0, 0.05) is 17.3 Å². The van der Waals surface area contributed by atoms with E-state index in [1.165, 1.54) is 6.07 Å². The first kappa shape index (κ1) is 17.9. The minimum absolute atomic E-state index is 0.318. The van der Waals surface area contributed by atoms with Gasteiger partial charge in [0.2, 0.25) is 0 Å². The number of imide groups is 1. The second-order valence-electron chi connectivity index (χ2n) is 6.85. The molecule has 0 fully saturated rings. The number of anilines is 2. The van der Waals surface area contributed by atoms with E-state index in [4.69, 9.17) is 9.47 Å². The lowest BCUT2D eigenvalue weighted by atomic mass is 10.1. The Morgan fingerprint density at radius 2 is 1.50 bits per heavy atom. The third kappa shape index (κ3) is 2.97. The normalized spacial score (nSPS) is 14.5. The second-order valence-corrected chi connectivity index (χ2v) is 6.85. The highest BCUT2D eigenvalue weighted by Crippen LogP contribution is 2.33. The van der Waals surface area contributed by atoms with E-state index in [2.05, 4.69) is 5.32 Å². The molecule has 2 aliphatic rings. The predicted octanol–water partition coefficient (Wildman–Crippen LogP) is 3.51. The molecular weight excluding hydrogens is 384 g/mol. The van der Waals surface area contributed by atoms with Crippen molar-refractivity contribution in [3.63, 3.8) is 0 Å². The van der Waals surface area contributed by atoms with Crippen LogP contribution < -0.4 is 19.7 Å². The van der Waals surface area contributed by atoms with Crippen LogP contribution in [0.5, 0.6) is 11.5 Å². The number of fused-ring (bicyclic) bond motifs is 2. The van der Waals surface area contributed by atoms with Crippen LogP contribution in [0.4, 0.5) is 11.4 Å². The highest BCUT2D eigenvalue weighted by atomic mass is 16.6. The highest BCUT2D eigenvalue weighted by molar-refractivity contribution is 6.34. The summed E-state index contributed by atoms with van der Waals surface area (Å²) in [6, 6.07) is 18.2. The Morgan fingerprint density at radius 1 is 0.800 bits per heavy atom. The summed E-state index contributed by atoms with van der Waals surface area (Å²) in [5, 5.41) is 2.80. The van der Waals surface area contributed by atoms with Crippen LogP contribution in [0.1, 0.15) is 31.1 Å². The van der Waals surface area contributed by atoms with Gasteiger partial charge in [-0.05, 0) is 42.5 Å². The van der Waals surface area contributed by atoms with Crippen LogP contribution >= 0.6 is 0 Å². The zero-order valence-corrected chi connectivity index (χ0v) is 15.8. The molecule has 0 spiro atoms. The van der Waals surface area contributed by atoms with Gasteiger partial charge < -0.3 is 14.8 Å². The first-order valence-corrected chi connectivity index (χ1v) is 9.41. The summed E-state index contributed by atoms with van der Waals surface area (Å²) < 4.78 is 11.0. The topological polar surface area (TPSA) is 84.9 Å². The molecule has 3 amide bonds. The third-order valence-corrected chi connectivity index (χ3v) is 4.96. The molecule has 1 N–H and O–H groups in total. The molecule has 0 bridgehead atoms. The maximum absolute atomic E-state index is 12.8. The van der Waals surface area contributed by atoms with E-state index < -0.39 is 11.8 Å². The number of carbonyl (C=O) groups is 3. The number of benzene rings is 3. The van der Waals surface area contributed by atoms with Crippen LogP contribution in [0.25, 0.3) is 0 Å². The van der Waals surface area contributed by atoms with E-state index >= 15 is 0 Å². The zero-order chi connectivity index (χ0) is 20.7. The molecule has 7 nitrogen and oxygen atoms in total. The number of carbonyl (C=O) groups excluding carboxylic acids is 3. The number of nitrogens with zero attached hydrogens (tertiary/aromatic N) is 1. The lowest BCUT2D eigenvalue weighted by Gasteiger charge is -2.19. The van der Waals surface area contributed by atoms with Crippen molar-refractivity contribution in [1.82, 2.24) is 0 Å². The molecule has 7 heteroatoms. The van der Waals surface area contributed by atoms with E-state index in [9.17, 15) is 14.4 Å². The molecule has 0 saturated carbocycles. The number of rotatable bonds is 3. The van der Waals surface area contributed by atoms with Crippen molar-refractivity contribution < 1.29 is 23.9 Å².